The van der Waals surface area contributed by atoms with Crippen LogP contribution in [0, 0.1) is 13.8 Å². The normalized spacial score (nSPS) is 10.7. The van der Waals surface area contributed by atoms with Gasteiger partial charge in [-0.05, 0) is 44.5 Å². The minimum absolute atomic E-state index is 0.104. The molecule has 2 aromatic heterocycles. The van der Waals surface area contributed by atoms with E-state index in [1.807, 2.05) is 45.0 Å². The Balaban J connectivity index is 1.57. The topological polar surface area (TPSA) is 86.1 Å². The number of hydrogen-bond donors (Lipinski definition) is 1. The first kappa shape index (κ1) is 20.7. The molecule has 1 N–H and O–H groups in total. The Morgan fingerprint density at radius 1 is 1.17 bits per heavy atom. The van der Waals surface area contributed by atoms with Crippen LogP contribution in [-0.4, -0.2) is 33.8 Å². The molecule has 8 heteroatoms. The number of nitrogens with zero attached hydrogens (tertiary/aromatic N) is 3. The van der Waals surface area contributed by atoms with Crippen LogP contribution in [0.3, 0.4) is 0 Å². The molecule has 7 nitrogen and oxygen atoms in total. The van der Waals surface area contributed by atoms with Gasteiger partial charge in [-0.1, -0.05) is 12.1 Å². The second kappa shape index (κ2) is 9.47. The number of carbonyl (C=O) groups is 1. The lowest BCUT2D eigenvalue weighted by atomic mass is 10.1. The number of aryl methyl sites for hydroxylation is 2. The lowest BCUT2D eigenvalue weighted by Gasteiger charge is -2.09. The van der Waals surface area contributed by atoms with E-state index >= 15 is 0 Å². The molecular weight excluding hydrogens is 388 g/mol. The number of benzene rings is 1. The Morgan fingerprint density at radius 3 is 2.59 bits per heavy atom. The van der Waals surface area contributed by atoms with Gasteiger partial charge < -0.3 is 10.1 Å². The monoisotopic (exact) mass is 412 g/mol. The van der Waals surface area contributed by atoms with Crippen LogP contribution in [0.15, 0.2) is 41.2 Å². The summed E-state index contributed by atoms with van der Waals surface area (Å²) in [7, 11) is 0. The molecule has 0 radical (unpaired) electrons. The van der Waals surface area contributed by atoms with Crippen molar-refractivity contribution in [2.45, 2.75) is 33.7 Å². The van der Waals surface area contributed by atoms with E-state index < -0.39 is 0 Å². The molecule has 0 aliphatic carbocycles. The second-order valence-corrected chi connectivity index (χ2v) is 7.73. The summed E-state index contributed by atoms with van der Waals surface area (Å²) in [6.45, 7) is 7.03. The average Bonchev–Trinajstić information content (AvgIpc) is 3.03. The Morgan fingerprint density at radius 2 is 1.93 bits per heavy atom. The molecule has 0 atom stereocenters. The summed E-state index contributed by atoms with van der Waals surface area (Å²) in [4.78, 5) is 29.6. The zero-order valence-electron chi connectivity index (χ0n) is 16.8. The Labute approximate surface area is 173 Å². The standard InChI is InChI=1S/C21H24N4O3S/c1-4-28-17-7-5-16(6-8-17)13-19(26)22-11-12-25-20(27)10-9-18(24-25)21-14(2)23-15(3)29-21/h5-10H,4,11-13H2,1-3H3,(H,22,26). The van der Waals surface area contributed by atoms with Crippen LogP contribution in [0.1, 0.15) is 23.2 Å². The third-order valence-corrected chi connectivity index (χ3v) is 5.34. The SMILES string of the molecule is CCOc1ccc(CC(=O)NCCn2nc(-c3sc(C)nc3C)ccc2=O)cc1. The van der Waals surface area contributed by atoms with Gasteiger partial charge in [0, 0.05) is 12.6 Å². The number of nitrogens with one attached hydrogen (secondary N) is 1. The van der Waals surface area contributed by atoms with E-state index in [2.05, 4.69) is 15.4 Å². The van der Waals surface area contributed by atoms with Gasteiger partial charge in [0.2, 0.25) is 5.91 Å². The Kier molecular flexibility index (Phi) is 6.77. The lowest BCUT2D eigenvalue weighted by molar-refractivity contribution is -0.120. The van der Waals surface area contributed by atoms with Crippen LogP contribution in [0.25, 0.3) is 10.6 Å². The average molecular weight is 413 g/mol. The highest BCUT2D eigenvalue weighted by Crippen LogP contribution is 2.27. The predicted octanol–water partition coefficient (Wildman–Crippen LogP) is 2.74. The fourth-order valence-electron chi connectivity index (χ4n) is 2.92. The molecule has 2 heterocycles. The van der Waals surface area contributed by atoms with Crippen LogP contribution in [0.2, 0.25) is 0 Å². The highest BCUT2D eigenvalue weighted by Gasteiger charge is 2.11. The van der Waals surface area contributed by atoms with E-state index in [0.29, 0.717) is 25.4 Å². The molecule has 0 spiro atoms. The number of thiazole rings is 1. The molecule has 0 aliphatic heterocycles. The number of hydrogen-bond acceptors (Lipinski definition) is 6. The van der Waals surface area contributed by atoms with E-state index in [9.17, 15) is 9.59 Å². The van der Waals surface area contributed by atoms with Crippen LogP contribution in [0.5, 0.6) is 5.75 Å². The maximum Gasteiger partial charge on any atom is 0.266 e. The van der Waals surface area contributed by atoms with E-state index in [4.69, 9.17) is 4.74 Å². The van der Waals surface area contributed by atoms with Gasteiger partial charge in [0.25, 0.3) is 5.56 Å². The largest absolute Gasteiger partial charge is 0.494 e. The molecule has 0 fully saturated rings. The summed E-state index contributed by atoms with van der Waals surface area (Å²) >= 11 is 1.55. The van der Waals surface area contributed by atoms with E-state index in [-0.39, 0.29) is 17.9 Å². The third kappa shape index (κ3) is 5.51. The van der Waals surface area contributed by atoms with Crippen molar-refractivity contribution in [3.8, 4) is 16.3 Å². The minimum atomic E-state index is -0.201. The van der Waals surface area contributed by atoms with Crippen LogP contribution in [-0.2, 0) is 17.8 Å². The highest BCUT2D eigenvalue weighted by molar-refractivity contribution is 7.15. The molecule has 0 bridgehead atoms. The molecule has 0 saturated heterocycles. The van der Waals surface area contributed by atoms with Gasteiger partial charge in [-0.15, -0.1) is 11.3 Å². The molecule has 1 amide bonds. The molecule has 3 aromatic rings. The number of carbonyl (C=O) groups excluding carboxylic acids is 1. The molecule has 29 heavy (non-hydrogen) atoms. The van der Waals surface area contributed by atoms with E-state index in [1.54, 1.807) is 17.4 Å². The molecule has 0 unspecified atom stereocenters. The maximum absolute atomic E-state index is 12.2. The lowest BCUT2D eigenvalue weighted by Crippen LogP contribution is -2.32. The smallest absolute Gasteiger partial charge is 0.266 e. The summed E-state index contributed by atoms with van der Waals surface area (Å²) in [5, 5.41) is 8.23. The van der Waals surface area contributed by atoms with Crippen molar-refractivity contribution < 1.29 is 9.53 Å². The number of rotatable bonds is 8. The van der Waals surface area contributed by atoms with Crippen LogP contribution in [0.4, 0.5) is 0 Å². The second-order valence-electron chi connectivity index (χ2n) is 6.53. The van der Waals surface area contributed by atoms with Crippen molar-refractivity contribution in [1.29, 1.82) is 0 Å². The van der Waals surface area contributed by atoms with Gasteiger partial charge in [0.05, 0.1) is 35.2 Å². The molecule has 1 aromatic carbocycles. The maximum atomic E-state index is 12.2. The van der Waals surface area contributed by atoms with Gasteiger partial charge in [-0.25, -0.2) is 9.67 Å². The quantitative estimate of drug-likeness (QED) is 0.615. The zero-order valence-corrected chi connectivity index (χ0v) is 17.6. The predicted molar refractivity (Wildman–Crippen MR) is 113 cm³/mol. The van der Waals surface area contributed by atoms with Crippen molar-refractivity contribution in [3.05, 3.63) is 63.0 Å². The summed E-state index contributed by atoms with van der Waals surface area (Å²) in [6, 6.07) is 10.7. The molecule has 152 valence electrons. The Bertz CT molecular complexity index is 1040. The Hall–Kier alpha value is -3.00. The van der Waals surface area contributed by atoms with Crippen molar-refractivity contribution >= 4 is 17.2 Å². The van der Waals surface area contributed by atoms with E-state index in [0.717, 1.165) is 26.9 Å². The first-order valence-corrected chi connectivity index (χ1v) is 10.3. The first-order valence-electron chi connectivity index (χ1n) is 9.47. The van der Waals surface area contributed by atoms with Crippen LogP contribution >= 0.6 is 11.3 Å². The van der Waals surface area contributed by atoms with Gasteiger partial charge in [0.1, 0.15) is 11.4 Å². The molecule has 0 aliphatic rings. The number of ether oxygens (including phenoxy) is 1. The van der Waals surface area contributed by atoms with Crippen molar-refractivity contribution in [2.24, 2.45) is 0 Å². The molecule has 3 rings (SSSR count). The third-order valence-electron chi connectivity index (χ3n) is 4.25. The molecule has 0 saturated carbocycles. The van der Waals surface area contributed by atoms with Gasteiger partial charge in [-0.3, -0.25) is 9.59 Å². The van der Waals surface area contributed by atoms with Crippen molar-refractivity contribution in [1.82, 2.24) is 20.1 Å². The van der Waals surface area contributed by atoms with Gasteiger partial charge >= 0.3 is 0 Å². The molecular formula is C21H24N4O3S. The van der Waals surface area contributed by atoms with Gasteiger partial charge in [0.15, 0.2) is 0 Å². The zero-order chi connectivity index (χ0) is 20.8. The fraction of sp³-hybridized carbons (Fsp3) is 0.333. The van der Waals surface area contributed by atoms with Crippen molar-refractivity contribution in [3.63, 3.8) is 0 Å². The summed E-state index contributed by atoms with van der Waals surface area (Å²) in [5.41, 5.74) is 2.31. The first-order chi connectivity index (χ1) is 14.0. The highest BCUT2D eigenvalue weighted by atomic mass is 32.1. The van der Waals surface area contributed by atoms with E-state index in [1.165, 1.54) is 10.7 Å². The van der Waals surface area contributed by atoms with Crippen molar-refractivity contribution in [2.75, 3.05) is 13.2 Å². The summed E-state index contributed by atoms with van der Waals surface area (Å²) < 4.78 is 6.77. The van der Waals surface area contributed by atoms with Crippen LogP contribution < -0.4 is 15.6 Å². The minimum Gasteiger partial charge on any atom is -0.494 e. The summed E-state index contributed by atoms with van der Waals surface area (Å²) in [5.74, 6) is 0.681. The summed E-state index contributed by atoms with van der Waals surface area (Å²) in [6.07, 6.45) is 0.272. The fourth-order valence-corrected chi connectivity index (χ4v) is 3.80. The number of amides is 1. The van der Waals surface area contributed by atoms with Gasteiger partial charge in [-0.2, -0.15) is 5.10 Å². The number of aromatic nitrogens is 3.